The van der Waals surface area contributed by atoms with Crippen molar-refractivity contribution in [3.8, 4) is 0 Å². The number of pyridine rings is 1. The largest absolute Gasteiger partial charge is 0.393 e. The number of hydrogen-bond acceptors (Lipinski definition) is 2. The summed E-state index contributed by atoms with van der Waals surface area (Å²) in [5.41, 5.74) is 2.38. The molecule has 0 aromatic carbocycles. The first-order chi connectivity index (χ1) is 9.06. The summed E-state index contributed by atoms with van der Waals surface area (Å²) in [7, 11) is 0. The van der Waals surface area contributed by atoms with Gasteiger partial charge < -0.3 is 9.67 Å². The molecule has 2 unspecified atom stereocenters. The van der Waals surface area contributed by atoms with Crippen LogP contribution in [0.25, 0.3) is 0 Å². The van der Waals surface area contributed by atoms with Gasteiger partial charge in [0.15, 0.2) is 0 Å². The maximum atomic E-state index is 12.5. The van der Waals surface area contributed by atoms with E-state index in [-0.39, 0.29) is 23.5 Å². The minimum absolute atomic E-state index is 0.138. The number of aliphatic hydroxyl groups excluding tert-OH is 1. The summed E-state index contributed by atoms with van der Waals surface area (Å²) < 4.78 is 1.86. The van der Waals surface area contributed by atoms with Crippen LogP contribution in [0, 0.1) is 5.92 Å². The van der Waals surface area contributed by atoms with Crippen molar-refractivity contribution >= 4 is 0 Å². The quantitative estimate of drug-likeness (QED) is 0.905. The van der Waals surface area contributed by atoms with E-state index in [2.05, 4.69) is 19.9 Å². The van der Waals surface area contributed by atoms with Crippen molar-refractivity contribution in [3.05, 3.63) is 33.7 Å². The third kappa shape index (κ3) is 2.48. The molecule has 3 nitrogen and oxygen atoms in total. The molecule has 19 heavy (non-hydrogen) atoms. The van der Waals surface area contributed by atoms with Crippen LogP contribution in [0.1, 0.15) is 62.5 Å². The minimum atomic E-state index is -0.209. The van der Waals surface area contributed by atoms with Crippen molar-refractivity contribution in [2.75, 3.05) is 0 Å². The first kappa shape index (κ1) is 12.9. The van der Waals surface area contributed by atoms with Crippen molar-refractivity contribution < 1.29 is 5.11 Å². The Morgan fingerprint density at radius 1 is 1.32 bits per heavy atom. The number of rotatable bonds is 4. The number of nitrogens with zero attached hydrogens (tertiary/aromatic N) is 1. The Morgan fingerprint density at radius 3 is 2.53 bits per heavy atom. The Labute approximate surface area is 114 Å². The summed E-state index contributed by atoms with van der Waals surface area (Å²) >= 11 is 0. The summed E-state index contributed by atoms with van der Waals surface area (Å²) in [5, 5.41) is 9.71. The second kappa shape index (κ2) is 4.78. The van der Waals surface area contributed by atoms with Gasteiger partial charge in [0.25, 0.3) is 5.56 Å². The van der Waals surface area contributed by atoms with E-state index in [1.807, 2.05) is 10.8 Å². The van der Waals surface area contributed by atoms with Gasteiger partial charge in [-0.2, -0.15) is 0 Å². The second-order valence-electron chi connectivity index (χ2n) is 6.52. The SMILES string of the molecule is CC(C)c1cc(C2CC2)cn(CC2CCC2O)c1=O. The van der Waals surface area contributed by atoms with Gasteiger partial charge in [-0.25, -0.2) is 0 Å². The van der Waals surface area contributed by atoms with Gasteiger partial charge >= 0.3 is 0 Å². The Balaban J connectivity index is 1.94. The average molecular weight is 261 g/mol. The molecular weight excluding hydrogens is 238 g/mol. The molecule has 2 aliphatic rings. The Morgan fingerprint density at radius 2 is 2.05 bits per heavy atom. The van der Waals surface area contributed by atoms with Gasteiger partial charge in [-0.1, -0.05) is 13.8 Å². The monoisotopic (exact) mass is 261 g/mol. The molecule has 3 rings (SSSR count). The maximum absolute atomic E-state index is 12.5. The van der Waals surface area contributed by atoms with Crippen LogP contribution in [-0.2, 0) is 6.54 Å². The lowest BCUT2D eigenvalue weighted by molar-refractivity contribution is 0.0141. The first-order valence-corrected chi connectivity index (χ1v) is 7.48. The van der Waals surface area contributed by atoms with Crippen molar-refractivity contribution in [1.82, 2.24) is 4.57 Å². The Hall–Kier alpha value is -1.09. The summed E-state index contributed by atoms with van der Waals surface area (Å²) in [5.74, 6) is 1.20. The van der Waals surface area contributed by atoms with Gasteiger partial charge in [0.2, 0.25) is 0 Å². The van der Waals surface area contributed by atoms with Crippen molar-refractivity contribution in [1.29, 1.82) is 0 Å². The topological polar surface area (TPSA) is 42.2 Å². The molecule has 2 atom stereocenters. The smallest absolute Gasteiger partial charge is 0.254 e. The molecular formula is C16H23NO2. The molecule has 1 heterocycles. The van der Waals surface area contributed by atoms with E-state index >= 15 is 0 Å². The van der Waals surface area contributed by atoms with Crippen LogP contribution >= 0.6 is 0 Å². The lowest BCUT2D eigenvalue weighted by Crippen LogP contribution is -2.38. The fourth-order valence-electron chi connectivity index (χ4n) is 2.89. The molecule has 0 spiro atoms. The van der Waals surface area contributed by atoms with E-state index in [0.717, 1.165) is 18.4 Å². The van der Waals surface area contributed by atoms with Gasteiger partial charge in [-0.15, -0.1) is 0 Å². The normalized spacial score (nSPS) is 26.5. The van der Waals surface area contributed by atoms with Gasteiger partial charge in [0, 0.05) is 24.2 Å². The standard InChI is InChI=1S/C16H23NO2/c1-10(2)14-7-13(11-3-4-11)9-17(16(14)19)8-12-5-6-15(12)18/h7,9-12,15,18H,3-6,8H2,1-2H3. The highest BCUT2D eigenvalue weighted by atomic mass is 16.3. The molecule has 1 aromatic heterocycles. The molecule has 0 saturated heterocycles. The lowest BCUT2D eigenvalue weighted by atomic mass is 9.82. The molecule has 0 bridgehead atoms. The van der Waals surface area contributed by atoms with Gasteiger partial charge in [-0.05, 0) is 49.1 Å². The fraction of sp³-hybridized carbons (Fsp3) is 0.688. The number of aromatic nitrogens is 1. The van der Waals surface area contributed by atoms with Crippen LogP contribution in [0.15, 0.2) is 17.1 Å². The summed E-state index contributed by atoms with van der Waals surface area (Å²) in [6, 6.07) is 2.11. The third-order valence-corrected chi connectivity index (χ3v) is 4.61. The van der Waals surface area contributed by atoms with Gasteiger partial charge in [0.1, 0.15) is 0 Å². The van der Waals surface area contributed by atoms with Crippen LogP contribution in [-0.4, -0.2) is 15.8 Å². The summed E-state index contributed by atoms with van der Waals surface area (Å²) in [4.78, 5) is 12.5. The van der Waals surface area contributed by atoms with Crippen molar-refractivity contribution in [2.45, 2.75) is 64.0 Å². The molecule has 0 radical (unpaired) electrons. The molecule has 1 aromatic rings. The van der Waals surface area contributed by atoms with E-state index in [9.17, 15) is 9.90 Å². The molecule has 3 heteroatoms. The first-order valence-electron chi connectivity index (χ1n) is 7.48. The van der Waals surface area contributed by atoms with Crippen LogP contribution < -0.4 is 5.56 Å². The van der Waals surface area contributed by atoms with Crippen molar-refractivity contribution in [3.63, 3.8) is 0 Å². The Bertz CT molecular complexity index is 528. The number of aliphatic hydroxyl groups is 1. The molecule has 2 fully saturated rings. The lowest BCUT2D eigenvalue weighted by Gasteiger charge is -2.33. The summed E-state index contributed by atoms with van der Waals surface area (Å²) in [6.07, 6.45) is 6.26. The van der Waals surface area contributed by atoms with E-state index in [1.165, 1.54) is 18.4 Å². The highest BCUT2D eigenvalue weighted by molar-refractivity contribution is 5.27. The number of hydrogen-bond donors (Lipinski definition) is 1. The molecule has 2 aliphatic carbocycles. The highest BCUT2D eigenvalue weighted by Crippen LogP contribution is 2.40. The van der Waals surface area contributed by atoms with E-state index in [0.29, 0.717) is 12.5 Å². The Kier molecular flexibility index (Phi) is 3.25. The van der Waals surface area contributed by atoms with E-state index in [1.54, 1.807) is 0 Å². The average Bonchev–Trinajstić information content (AvgIpc) is 3.19. The zero-order valence-electron chi connectivity index (χ0n) is 11.8. The highest BCUT2D eigenvalue weighted by Gasteiger charge is 2.30. The van der Waals surface area contributed by atoms with E-state index < -0.39 is 0 Å². The summed E-state index contributed by atoms with van der Waals surface area (Å²) in [6.45, 7) is 4.84. The van der Waals surface area contributed by atoms with Crippen LogP contribution in [0.3, 0.4) is 0 Å². The zero-order chi connectivity index (χ0) is 13.6. The van der Waals surface area contributed by atoms with Crippen molar-refractivity contribution in [2.24, 2.45) is 5.92 Å². The molecule has 1 N–H and O–H groups in total. The third-order valence-electron chi connectivity index (χ3n) is 4.61. The molecule has 0 aliphatic heterocycles. The molecule has 104 valence electrons. The second-order valence-corrected chi connectivity index (χ2v) is 6.52. The molecule has 0 amide bonds. The van der Waals surface area contributed by atoms with Crippen LogP contribution in [0.4, 0.5) is 0 Å². The zero-order valence-corrected chi connectivity index (χ0v) is 11.8. The predicted molar refractivity (Wildman–Crippen MR) is 75.5 cm³/mol. The van der Waals surface area contributed by atoms with Crippen LogP contribution in [0.2, 0.25) is 0 Å². The molecule has 2 saturated carbocycles. The minimum Gasteiger partial charge on any atom is -0.393 e. The van der Waals surface area contributed by atoms with Gasteiger partial charge in [0.05, 0.1) is 6.10 Å². The fourth-order valence-corrected chi connectivity index (χ4v) is 2.89. The maximum Gasteiger partial charge on any atom is 0.254 e. The van der Waals surface area contributed by atoms with E-state index in [4.69, 9.17) is 0 Å². The van der Waals surface area contributed by atoms with Gasteiger partial charge in [-0.3, -0.25) is 4.79 Å². The predicted octanol–water partition coefficient (Wildman–Crippen LogP) is 2.62. The van der Waals surface area contributed by atoms with Crippen LogP contribution in [0.5, 0.6) is 0 Å².